The number of amides is 2. The maximum Gasteiger partial charge on any atom is 0.258 e. The highest BCUT2D eigenvalue weighted by Gasteiger charge is 2.13. The lowest BCUT2D eigenvalue weighted by Gasteiger charge is -2.10. The summed E-state index contributed by atoms with van der Waals surface area (Å²) in [5.41, 5.74) is 1.70. The SMILES string of the molecule is Cc1nc2c(cc(OCC(=O)NCCNC(=O)Cc3ccc(F)cc3)c3ccsc32)s1. The van der Waals surface area contributed by atoms with E-state index in [-0.39, 0.29) is 37.2 Å². The van der Waals surface area contributed by atoms with Gasteiger partial charge in [-0.2, -0.15) is 0 Å². The number of aromatic nitrogens is 1. The molecule has 0 fully saturated rings. The predicted molar refractivity (Wildman–Crippen MR) is 121 cm³/mol. The van der Waals surface area contributed by atoms with Crippen molar-refractivity contribution in [2.75, 3.05) is 19.7 Å². The van der Waals surface area contributed by atoms with Crippen molar-refractivity contribution in [3.8, 4) is 5.75 Å². The molecule has 2 aromatic carbocycles. The van der Waals surface area contributed by atoms with Crippen LogP contribution in [0.2, 0.25) is 0 Å². The minimum Gasteiger partial charge on any atom is -0.483 e. The molecule has 0 aliphatic heterocycles. The van der Waals surface area contributed by atoms with Gasteiger partial charge in [-0.15, -0.1) is 22.7 Å². The normalized spacial score (nSPS) is 11.0. The monoisotopic (exact) mass is 457 g/mol. The minimum atomic E-state index is -0.337. The van der Waals surface area contributed by atoms with Crippen LogP contribution < -0.4 is 15.4 Å². The molecule has 0 radical (unpaired) electrons. The summed E-state index contributed by atoms with van der Waals surface area (Å²) in [6.45, 7) is 2.44. The summed E-state index contributed by atoms with van der Waals surface area (Å²) in [4.78, 5) is 28.6. The topological polar surface area (TPSA) is 80.3 Å². The van der Waals surface area contributed by atoms with Gasteiger partial charge in [0.05, 0.1) is 26.3 Å². The molecule has 0 atom stereocenters. The number of aryl methyl sites for hydroxylation is 1. The van der Waals surface area contributed by atoms with Gasteiger partial charge in [-0.1, -0.05) is 12.1 Å². The maximum atomic E-state index is 12.9. The zero-order chi connectivity index (χ0) is 21.8. The average molecular weight is 458 g/mol. The van der Waals surface area contributed by atoms with Gasteiger partial charge in [0.2, 0.25) is 5.91 Å². The Balaban J connectivity index is 1.24. The second-order valence-corrected chi connectivity index (χ2v) is 9.06. The van der Waals surface area contributed by atoms with Crippen molar-refractivity contribution < 1.29 is 18.7 Å². The Bertz CT molecular complexity index is 1230. The molecule has 2 amide bonds. The van der Waals surface area contributed by atoms with Crippen LogP contribution in [0.3, 0.4) is 0 Å². The van der Waals surface area contributed by atoms with Gasteiger partial charge >= 0.3 is 0 Å². The third-order valence-corrected chi connectivity index (χ3v) is 6.41. The van der Waals surface area contributed by atoms with Crippen LogP contribution in [0.25, 0.3) is 20.3 Å². The largest absolute Gasteiger partial charge is 0.483 e. The highest BCUT2D eigenvalue weighted by atomic mass is 32.1. The van der Waals surface area contributed by atoms with E-state index in [0.717, 1.165) is 30.9 Å². The molecule has 0 spiro atoms. The molecular formula is C22H20FN3O3S2. The number of rotatable bonds is 8. The van der Waals surface area contributed by atoms with Gasteiger partial charge in [0.1, 0.15) is 11.6 Å². The zero-order valence-electron chi connectivity index (χ0n) is 16.7. The van der Waals surface area contributed by atoms with Crippen LogP contribution in [0.1, 0.15) is 10.6 Å². The van der Waals surface area contributed by atoms with E-state index in [2.05, 4.69) is 15.6 Å². The third-order valence-electron chi connectivity index (χ3n) is 4.57. The van der Waals surface area contributed by atoms with Crippen LogP contribution in [-0.2, 0) is 16.0 Å². The van der Waals surface area contributed by atoms with Crippen molar-refractivity contribution in [1.29, 1.82) is 0 Å². The number of benzene rings is 2. The number of thiazole rings is 1. The number of nitrogens with one attached hydrogen (secondary N) is 2. The fourth-order valence-electron chi connectivity index (χ4n) is 3.15. The smallest absolute Gasteiger partial charge is 0.258 e. The van der Waals surface area contributed by atoms with Crippen molar-refractivity contribution in [3.63, 3.8) is 0 Å². The highest BCUT2D eigenvalue weighted by Crippen LogP contribution is 2.38. The Morgan fingerprint density at radius 3 is 2.61 bits per heavy atom. The first-order valence-electron chi connectivity index (χ1n) is 9.67. The number of carbonyl (C=O) groups is 2. The van der Waals surface area contributed by atoms with Gasteiger partial charge < -0.3 is 15.4 Å². The standard InChI is InChI=1S/C22H20FN3O3S2/c1-13-26-21-18(31-13)11-17(16-6-9-30-22(16)21)29-12-20(28)25-8-7-24-19(27)10-14-2-4-15(23)5-3-14/h2-6,9,11H,7-8,10,12H2,1H3,(H,24,27)(H,25,28). The van der Waals surface area contributed by atoms with Crippen molar-refractivity contribution in [1.82, 2.24) is 15.6 Å². The molecule has 6 nitrogen and oxygen atoms in total. The van der Waals surface area contributed by atoms with Gasteiger partial charge in [0.15, 0.2) is 6.61 Å². The number of fused-ring (bicyclic) bond motifs is 3. The summed E-state index contributed by atoms with van der Waals surface area (Å²) < 4.78 is 20.8. The lowest BCUT2D eigenvalue weighted by Crippen LogP contribution is -2.37. The third kappa shape index (κ3) is 5.18. The molecule has 4 rings (SSSR count). The van der Waals surface area contributed by atoms with Crippen LogP contribution in [0.15, 0.2) is 41.8 Å². The van der Waals surface area contributed by atoms with E-state index in [1.54, 1.807) is 34.8 Å². The van der Waals surface area contributed by atoms with Crippen molar-refractivity contribution in [3.05, 3.63) is 58.2 Å². The van der Waals surface area contributed by atoms with Crippen LogP contribution in [0, 0.1) is 12.7 Å². The lowest BCUT2D eigenvalue weighted by molar-refractivity contribution is -0.123. The van der Waals surface area contributed by atoms with Gasteiger partial charge in [0.25, 0.3) is 5.91 Å². The Morgan fingerprint density at radius 1 is 1.10 bits per heavy atom. The van der Waals surface area contributed by atoms with Crippen LogP contribution in [-0.4, -0.2) is 36.5 Å². The van der Waals surface area contributed by atoms with E-state index in [4.69, 9.17) is 4.74 Å². The van der Waals surface area contributed by atoms with Gasteiger partial charge in [-0.05, 0) is 36.1 Å². The summed E-state index contributed by atoms with van der Waals surface area (Å²) in [7, 11) is 0. The number of nitrogens with zero attached hydrogens (tertiary/aromatic N) is 1. The molecule has 31 heavy (non-hydrogen) atoms. The number of ether oxygens (including phenoxy) is 1. The molecule has 0 bridgehead atoms. The van der Waals surface area contributed by atoms with Crippen molar-refractivity contribution in [2.45, 2.75) is 13.3 Å². The Morgan fingerprint density at radius 2 is 1.84 bits per heavy atom. The number of carbonyl (C=O) groups excluding carboxylic acids is 2. The molecular weight excluding hydrogens is 437 g/mol. The van der Waals surface area contributed by atoms with Gasteiger partial charge in [-0.25, -0.2) is 9.37 Å². The Hall–Kier alpha value is -3.04. The van der Waals surface area contributed by atoms with E-state index in [9.17, 15) is 14.0 Å². The molecule has 160 valence electrons. The van der Waals surface area contributed by atoms with Crippen LogP contribution in [0.4, 0.5) is 4.39 Å². The van der Waals surface area contributed by atoms with E-state index in [1.165, 1.54) is 12.1 Å². The number of hydrogen-bond acceptors (Lipinski definition) is 6. The van der Waals surface area contributed by atoms with Gasteiger partial charge in [0, 0.05) is 24.5 Å². The van der Waals surface area contributed by atoms with E-state index < -0.39 is 0 Å². The molecule has 0 saturated heterocycles. The van der Waals surface area contributed by atoms with E-state index in [0.29, 0.717) is 12.3 Å². The quantitative estimate of drug-likeness (QED) is 0.394. The molecule has 9 heteroatoms. The minimum absolute atomic E-state index is 0.113. The summed E-state index contributed by atoms with van der Waals surface area (Å²) in [6, 6.07) is 9.68. The van der Waals surface area contributed by atoms with Crippen molar-refractivity contribution >= 4 is 54.8 Å². The number of hydrogen-bond donors (Lipinski definition) is 2. The van der Waals surface area contributed by atoms with E-state index >= 15 is 0 Å². The molecule has 0 aliphatic carbocycles. The lowest BCUT2D eigenvalue weighted by atomic mass is 10.1. The molecule has 0 saturated carbocycles. The molecule has 4 aromatic rings. The number of halogens is 1. The second-order valence-electron chi connectivity index (χ2n) is 6.91. The predicted octanol–water partition coefficient (Wildman–Crippen LogP) is 3.81. The highest BCUT2D eigenvalue weighted by molar-refractivity contribution is 7.21. The first kappa shape index (κ1) is 21.2. The summed E-state index contributed by atoms with van der Waals surface area (Å²) in [5.74, 6) is -0.132. The molecule has 2 N–H and O–H groups in total. The Labute approximate surface area is 186 Å². The van der Waals surface area contributed by atoms with Crippen LogP contribution in [0.5, 0.6) is 5.75 Å². The zero-order valence-corrected chi connectivity index (χ0v) is 18.4. The maximum absolute atomic E-state index is 12.9. The molecule has 2 aromatic heterocycles. The first-order valence-corrected chi connectivity index (χ1v) is 11.4. The summed E-state index contributed by atoms with van der Waals surface area (Å²) in [5, 5.41) is 9.37. The number of thiophene rings is 1. The van der Waals surface area contributed by atoms with Crippen molar-refractivity contribution in [2.24, 2.45) is 0 Å². The first-order chi connectivity index (χ1) is 15.0. The second kappa shape index (κ2) is 9.40. The average Bonchev–Trinajstić information content (AvgIpc) is 3.37. The van der Waals surface area contributed by atoms with Crippen LogP contribution >= 0.6 is 22.7 Å². The van der Waals surface area contributed by atoms with E-state index in [1.807, 2.05) is 24.4 Å². The Kier molecular flexibility index (Phi) is 6.43. The van der Waals surface area contributed by atoms with Gasteiger partial charge in [-0.3, -0.25) is 9.59 Å². The fourth-order valence-corrected chi connectivity index (χ4v) is 4.99. The molecule has 0 aliphatic rings. The summed E-state index contributed by atoms with van der Waals surface area (Å²) in [6.07, 6.45) is 0.160. The summed E-state index contributed by atoms with van der Waals surface area (Å²) >= 11 is 3.20. The molecule has 0 unspecified atom stereocenters. The molecule has 2 heterocycles. The fraction of sp³-hybridized carbons (Fsp3) is 0.227.